The third kappa shape index (κ3) is 6.28. The lowest BCUT2D eigenvalue weighted by molar-refractivity contribution is -0.140. The van der Waals surface area contributed by atoms with Gasteiger partial charge in [0.2, 0.25) is 0 Å². The van der Waals surface area contributed by atoms with Gasteiger partial charge in [-0.25, -0.2) is 0 Å². The Balaban J connectivity index is 3.56. The Hall–Kier alpha value is -0.900. The molecular formula is C9H17NO3. The first-order valence-electron chi connectivity index (χ1n) is 4.37. The minimum absolute atomic E-state index is 0.0346. The fraction of sp³-hybridized carbons (Fsp3) is 0.778. The molecule has 0 aliphatic carbocycles. The molecule has 76 valence electrons. The summed E-state index contributed by atoms with van der Waals surface area (Å²) in [5.41, 5.74) is 5.69. The number of nitrogens with two attached hydrogens (primary N) is 1. The Morgan fingerprint density at radius 1 is 1.62 bits per heavy atom. The summed E-state index contributed by atoms with van der Waals surface area (Å²) in [4.78, 5) is 21.0. The van der Waals surface area contributed by atoms with Crippen molar-refractivity contribution in [3.8, 4) is 0 Å². The standard InChI is InChI=1S/C9H17NO3/c1-7(6-11)5-8(10)3-4-9(12)13-2/h6-8H,3-5,10H2,1-2H3/t7-,8+/m0/s1. The van der Waals surface area contributed by atoms with Crippen molar-refractivity contribution in [2.45, 2.75) is 32.2 Å². The van der Waals surface area contributed by atoms with Crippen molar-refractivity contribution in [2.24, 2.45) is 11.7 Å². The molecule has 0 aliphatic rings. The molecule has 2 N–H and O–H groups in total. The lowest BCUT2D eigenvalue weighted by Gasteiger charge is -2.11. The first-order valence-corrected chi connectivity index (χ1v) is 4.37. The second-order valence-electron chi connectivity index (χ2n) is 3.22. The summed E-state index contributed by atoms with van der Waals surface area (Å²) in [5.74, 6) is -0.290. The maximum atomic E-state index is 10.7. The number of carbonyl (C=O) groups excluding carboxylic acids is 2. The van der Waals surface area contributed by atoms with Crippen molar-refractivity contribution in [3.05, 3.63) is 0 Å². The fourth-order valence-corrected chi connectivity index (χ4v) is 1.06. The molecule has 0 radical (unpaired) electrons. The first kappa shape index (κ1) is 12.1. The van der Waals surface area contributed by atoms with Crippen molar-refractivity contribution in [3.63, 3.8) is 0 Å². The van der Waals surface area contributed by atoms with Crippen LogP contribution >= 0.6 is 0 Å². The van der Waals surface area contributed by atoms with E-state index < -0.39 is 0 Å². The summed E-state index contributed by atoms with van der Waals surface area (Å²) in [6.07, 6.45) is 2.40. The molecule has 0 fully saturated rings. The molecule has 0 rings (SSSR count). The van der Waals surface area contributed by atoms with Crippen LogP contribution in [0.2, 0.25) is 0 Å². The zero-order valence-electron chi connectivity index (χ0n) is 8.16. The van der Waals surface area contributed by atoms with Gasteiger partial charge in [-0.2, -0.15) is 0 Å². The van der Waals surface area contributed by atoms with Crippen LogP contribution in [0.15, 0.2) is 0 Å². The van der Waals surface area contributed by atoms with E-state index in [0.717, 1.165) is 6.29 Å². The Kier molecular flexibility index (Phi) is 6.14. The molecule has 0 saturated heterocycles. The highest BCUT2D eigenvalue weighted by Crippen LogP contribution is 2.06. The third-order valence-corrected chi connectivity index (χ3v) is 1.85. The number of rotatable bonds is 6. The number of ether oxygens (including phenoxy) is 1. The third-order valence-electron chi connectivity index (χ3n) is 1.85. The zero-order valence-corrected chi connectivity index (χ0v) is 8.16. The smallest absolute Gasteiger partial charge is 0.305 e. The molecule has 0 saturated carbocycles. The summed E-state index contributed by atoms with van der Waals surface area (Å²) in [5, 5.41) is 0. The van der Waals surface area contributed by atoms with E-state index in [9.17, 15) is 9.59 Å². The Morgan fingerprint density at radius 3 is 2.69 bits per heavy atom. The van der Waals surface area contributed by atoms with Crippen LogP contribution in [0.5, 0.6) is 0 Å². The molecule has 0 aromatic heterocycles. The van der Waals surface area contributed by atoms with Gasteiger partial charge >= 0.3 is 5.97 Å². The maximum absolute atomic E-state index is 10.7. The molecular weight excluding hydrogens is 170 g/mol. The molecule has 0 aliphatic heterocycles. The number of carbonyl (C=O) groups is 2. The Bertz CT molecular complexity index is 170. The highest BCUT2D eigenvalue weighted by Gasteiger charge is 2.10. The van der Waals surface area contributed by atoms with Crippen LogP contribution in [0.1, 0.15) is 26.2 Å². The average Bonchev–Trinajstić information content (AvgIpc) is 2.13. The van der Waals surface area contributed by atoms with Gasteiger partial charge in [0.1, 0.15) is 6.29 Å². The van der Waals surface area contributed by atoms with Crippen molar-refractivity contribution < 1.29 is 14.3 Å². The predicted molar refractivity (Wildman–Crippen MR) is 49.1 cm³/mol. The van der Waals surface area contributed by atoms with Crippen molar-refractivity contribution in [1.82, 2.24) is 0 Å². The lowest BCUT2D eigenvalue weighted by atomic mass is 10.0. The molecule has 0 aromatic rings. The van der Waals surface area contributed by atoms with Gasteiger partial charge in [0.05, 0.1) is 7.11 Å². The van der Waals surface area contributed by atoms with E-state index in [1.54, 1.807) is 0 Å². The van der Waals surface area contributed by atoms with Gasteiger partial charge in [-0.3, -0.25) is 4.79 Å². The summed E-state index contributed by atoms with van der Waals surface area (Å²) >= 11 is 0. The minimum atomic E-state index is -0.255. The molecule has 2 atom stereocenters. The van der Waals surface area contributed by atoms with Gasteiger partial charge in [0.25, 0.3) is 0 Å². The molecule has 0 heterocycles. The van der Waals surface area contributed by atoms with E-state index in [0.29, 0.717) is 19.3 Å². The van der Waals surface area contributed by atoms with Gasteiger partial charge in [-0.1, -0.05) is 6.92 Å². The van der Waals surface area contributed by atoms with E-state index in [2.05, 4.69) is 4.74 Å². The zero-order chi connectivity index (χ0) is 10.3. The molecule has 0 unspecified atom stereocenters. The summed E-state index contributed by atoms with van der Waals surface area (Å²) in [6.45, 7) is 1.81. The summed E-state index contributed by atoms with van der Waals surface area (Å²) in [7, 11) is 1.35. The van der Waals surface area contributed by atoms with Crippen molar-refractivity contribution >= 4 is 12.3 Å². The van der Waals surface area contributed by atoms with Gasteiger partial charge in [-0.15, -0.1) is 0 Å². The predicted octanol–water partition coefficient (Wildman–Crippen LogP) is 0.492. The fourth-order valence-electron chi connectivity index (χ4n) is 1.06. The topological polar surface area (TPSA) is 69.4 Å². The van der Waals surface area contributed by atoms with Crippen LogP contribution in [0, 0.1) is 5.92 Å². The molecule has 0 aromatic carbocycles. The van der Waals surface area contributed by atoms with E-state index in [1.165, 1.54) is 7.11 Å². The summed E-state index contributed by atoms with van der Waals surface area (Å²) < 4.78 is 4.47. The van der Waals surface area contributed by atoms with Crippen LogP contribution in [0.3, 0.4) is 0 Å². The van der Waals surface area contributed by atoms with Crippen LogP contribution in [-0.4, -0.2) is 25.4 Å². The SMILES string of the molecule is COC(=O)CC[C@@H](N)C[C@H](C)C=O. The lowest BCUT2D eigenvalue weighted by Crippen LogP contribution is -2.24. The largest absolute Gasteiger partial charge is 0.469 e. The molecule has 4 nitrogen and oxygen atoms in total. The normalized spacial score (nSPS) is 14.7. The van der Waals surface area contributed by atoms with E-state index in [4.69, 9.17) is 5.73 Å². The second-order valence-corrected chi connectivity index (χ2v) is 3.22. The van der Waals surface area contributed by atoms with Crippen LogP contribution in [-0.2, 0) is 14.3 Å². The summed E-state index contributed by atoms with van der Waals surface area (Å²) in [6, 6.07) is -0.0979. The number of esters is 1. The molecule has 0 amide bonds. The molecule has 13 heavy (non-hydrogen) atoms. The quantitative estimate of drug-likeness (QED) is 0.485. The molecule has 0 spiro atoms. The monoisotopic (exact) mass is 187 g/mol. The van der Waals surface area contributed by atoms with E-state index in [1.807, 2.05) is 6.92 Å². The van der Waals surface area contributed by atoms with Gasteiger partial charge in [0.15, 0.2) is 0 Å². The second kappa shape index (κ2) is 6.60. The van der Waals surface area contributed by atoms with Crippen molar-refractivity contribution in [1.29, 1.82) is 0 Å². The van der Waals surface area contributed by atoms with Crippen LogP contribution in [0.25, 0.3) is 0 Å². The van der Waals surface area contributed by atoms with Crippen LogP contribution < -0.4 is 5.73 Å². The first-order chi connectivity index (χ1) is 6.10. The average molecular weight is 187 g/mol. The van der Waals surface area contributed by atoms with E-state index >= 15 is 0 Å². The Morgan fingerprint density at radius 2 is 2.23 bits per heavy atom. The molecule has 4 heteroatoms. The highest BCUT2D eigenvalue weighted by atomic mass is 16.5. The highest BCUT2D eigenvalue weighted by molar-refractivity contribution is 5.69. The van der Waals surface area contributed by atoms with Gasteiger partial charge in [0, 0.05) is 18.4 Å². The Labute approximate surface area is 78.4 Å². The minimum Gasteiger partial charge on any atom is -0.469 e. The number of methoxy groups -OCH3 is 1. The number of hydrogen-bond acceptors (Lipinski definition) is 4. The van der Waals surface area contributed by atoms with E-state index in [-0.39, 0.29) is 17.9 Å². The van der Waals surface area contributed by atoms with Crippen molar-refractivity contribution in [2.75, 3.05) is 7.11 Å². The molecule has 0 bridgehead atoms. The number of aldehydes is 1. The number of hydrogen-bond donors (Lipinski definition) is 1. The van der Waals surface area contributed by atoms with Gasteiger partial charge < -0.3 is 15.3 Å². The van der Waals surface area contributed by atoms with Gasteiger partial charge in [-0.05, 0) is 12.8 Å². The van der Waals surface area contributed by atoms with Crippen LogP contribution in [0.4, 0.5) is 0 Å². The maximum Gasteiger partial charge on any atom is 0.305 e.